The fourth-order valence-electron chi connectivity index (χ4n) is 2.42. The zero-order valence-corrected chi connectivity index (χ0v) is 12.8. The van der Waals surface area contributed by atoms with E-state index in [9.17, 15) is 0 Å². The molecule has 2 N–H and O–H groups in total. The lowest BCUT2D eigenvalue weighted by Gasteiger charge is -2.08. The number of hydrogen-bond acceptors (Lipinski definition) is 2. The summed E-state index contributed by atoms with van der Waals surface area (Å²) < 4.78 is 5.69. The third-order valence-electron chi connectivity index (χ3n) is 3.77. The van der Waals surface area contributed by atoms with Crippen LogP contribution in [-0.4, -0.2) is 0 Å². The zero-order valence-electron chi connectivity index (χ0n) is 12.8. The Morgan fingerprint density at radius 3 is 2.16 bits per heavy atom. The Hall–Kier alpha value is -0.760. The van der Waals surface area contributed by atoms with Gasteiger partial charge in [0.2, 0.25) is 0 Å². The van der Waals surface area contributed by atoms with Crippen LogP contribution in [0.1, 0.15) is 89.2 Å². The second-order valence-corrected chi connectivity index (χ2v) is 5.53. The molecule has 0 fully saturated rings. The predicted octanol–water partition coefficient (Wildman–Crippen LogP) is 5.37. The third-order valence-corrected chi connectivity index (χ3v) is 3.77. The molecular formula is C17H31NO. The highest BCUT2D eigenvalue weighted by molar-refractivity contribution is 5.10. The first-order chi connectivity index (χ1) is 9.27. The van der Waals surface area contributed by atoms with Crippen molar-refractivity contribution < 1.29 is 4.42 Å². The van der Waals surface area contributed by atoms with Crippen LogP contribution in [0.25, 0.3) is 0 Å². The van der Waals surface area contributed by atoms with Crippen LogP contribution in [0.2, 0.25) is 0 Å². The van der Waals surface area contributed by atoms with Crippen molar-refractivity contribution >= 4 is 0 Å². The topological polar surface area (TPSA) is 39.2 Å². The summed E-state index contributed by atoms with van der Waals surface area (Å²) in [5.41, 5.74) is 6.15. The summed E-state index contributed by atoms with van der Waals surface area (Å²) in [6.07, 6.45) is 12.8. The number of hydrogen-bond donors (Lipinski definition) is 1. The van der Waals surface area contributed by atoms with Crippen molar-refractivity contribution in [2.45, 2.75) is 84.1 Å². The van der Waals surface area contributed by atoms with E-state index in [1.54, 1.807) is 0 Å². The molecule has 2 heteroatoms. The highest BCUT2D eigenvalue weighted by Gasteiger charge is 2.09. The average Bonchev–Trinajstić information content (AvgIpc) is 2.90. The molecule has 0 bridgehead atoms. The van der Waals surface area contributed by atoms with E-state index in [0.29, 0.717) is 0 Å². The van der Waals surface area contributed by atoms with Gasteiger partial charge in [0.15, 0.2) is 0 Å². The normalized spacial score (nSPS) is 12.8. The molecule has 1 aromatic rings. The van der Waals surface area contributed by atoms with Crippen molar-refractivity contribution in [2.24, 2.45) is 5.73 Å². The molecule has 0 spiro atoms. The molecule has 0 aliphatic carbocycles. The van der Waals surface area contributed by atoms with Crippen molar-refractivity contribution in [3.8, 4) is 0 Å². The van der Waals surface area contributed by atoms with Gasteiger partial charge in [-0.2, -0.15) is 0 Å². The SMILES string of the molecule is CCCCCCCCCCC(N)c1ccc(CC)o1. The zero-order chi connectivity index (χ0) is 13.9. The minimum absolute atomic E-state index is 0.0837. The third kappa shape index (κ3) is 6.81. The molecule has 0 amide bonds. The van der Waals surface area contributed by atoms with Crippen LogP contribution in [-0.2, 0) is 6.42 Å². The molecule has 0 saturated carbocycles. The lowest BCUT2D eigenvalue weighted by atomic mass is 10.0. The Balaban J connectivity index is 2.02. The molecule has 1 aromatic heterocycles. The Morgan fingerprint density at radius 1 is 0.947 bits per heavy atom. The smallest absolute Gasteiger partial charge is 0.120 e. The summed E-state index contributed by atoms with van der Waals surface area (Å²) in [5, 5.41) is 0. The molecule has 110 valence electrons. The summed E-state index contributed by atoms with van der Waals surface area (Å²) in [7, 11) is 0. The van der Waals surface area contributed by atoms with Crippen LogP contribution in [0.5, 0.6) is 0 Å². The van der Waals surface area contributed by atoms with Gasteiger partial charge in [0, 0.05) is 6.42 Å². The van der Waals surface area contributed by atoms with E-state index < -0.39 is 0 Å². The quantitative estimate of drug-likeness (QED) is 0.546. The first-order valence-electron chi connectivity index (χ1n) is 8.12. The standard InChI is InChI=1S/C17H31NO/c1-3-5-6-7-8-9-10-11-12-16(18)17-14-13-15(4-2)19-17/h13-14,16H,3-12,18H2,1-2H3. The van der Waals surface area contributed by atoms with Crippen molar-refractivity contribution in [3.05, 3.63) is 23.7 Å². The van der Waals surface area contributed by atoms with Crippen molar-refractivity contribution in [2.75, 3.05) is 0 Å². The van der Waals surface area contributed by atoms with E-state index in [4.69, 9.17) is 10.2 Å². The van der Waals surface area contributed by atoms with Crippen LogP contribution in [0.15, 0.2) is 16.5 Å². The second kappa shape index (κ2) is 10.1. The molecule has 0 aliphatic rings. The molecular weight excluding hydrogens is 234 g/mol. The molecule has 0 radical (unpaired) electrons. The van der Waals surface area contributed by atoms with Gasteiger partial charge in [-0.15, -0.1) is 0 Å². The van der Waals surface area contributed by atoms with Crippen LogP contribution in [0, 0.1) is 0 Å². The Labute approximate surface area is 118 Å². The lowest BCUT2D eigenvalue weighted by molar-refractivity contribution is 0.415. The monoisotopic (exact) mass is 265 g/mol. The summed E-state index contributed by atoms with van der Waals surface area (Å²) in [5.74, 6) is 2.00. The minimum Gasteiger partial charge on any atom is -0.464 e. The molecule has 1 atom stereocenters. The molecule has 2 nitrogen and oxygen atoms in total. The van der Waals surface area contributed by atoms with Crippen LogP contribution in [0.4, 0.5) is 0 Å². The van der Waals surface area contributed by atoms with Gasteiger partial charge in [-0.05, 0) is 18.6 Å². The van der Waals surface area contributed by atoms with Crippen molar-refractivity contribution in [3.63, 3.8) is 0 Å². The van der Waals surface area contributed by atoms with Gasteiger partial charge in [0.05, 0.1) is 6.04 Å². The molecule has 0 aromatic carbocycles. The highest BCUT2D eigenvalue weighted by atomic mass is 16.3. The first-order valence-corrected chi connectivity index (χ1v) is 8.12. The first kappa shape index (κ1) is 16.3. The Kier molecular flexibility index (Phi) is 8.64. The van der Waals surface area contributed by atoms with Gasteiger partial charge in [-0.3, -0.25) is 0 Å². The van der Waals surface area contributed by atoms with Gasteiger partial charge >= 0.3 is 0 Å². The van der Waals surface area contributed by atoms with Crippen LogP contribution in [0.3, 0.4) is 0 Å². The number of unbranched alkanes of at least 4 members (excludes halogenated alkanes) is 7. The Morgan fingerprint density at radius 2 is 1.58 bits per heavy atom. The predicted molar refractivity (Wildman–Crippen MR) is 82.2 cm³/mol. The Bertz CT molecular complexity index is 319. The highest BCUT2D eigenvalue weighted by Crippen LogP contribution is 2.20. The largest absolute Gasteiger partial charge is 0.464 e. The lowest BCUT2D eigenvalue weighted by Crippen LogP contribution is -2.08. The fourth-order valence-corrected chi connectivity index (χ4v) is 2.42. The molecule has 0 aliphatic heterocycles. The van der Waals surface area contributed by atoms with E-state index in [-0.39, 0.29) is 6.04 Å². The summed E-state index contributed by atoms with van der Waals surface area (Å²) in [4.78, 5) is 0. The van der Waals surface area contributed by atoms with E-state index in [1.165, 1.54) is 51.4 Å². The van der Waals surface area contributed by atoms with E-state index >= 15 is 0 Å². The van der Waals surface area contributed by atoms with Crippen molar-refractivity contribution in [1.82, 2.24) is 0 Å². The summed E-state index contributed by atoms with van der Waals surface area (Å²) in [6.45, 7) is 4.37. The van der Waals surface area contributed by atoms with E-state index in [1.807, 2.05) is 12.1 Å². The molecule has 0 saturated heterocycles. The molecule has 19 heavy (non-hydrogen) atoms. The van der Waals surface area contributed by atoms with Crippen molar-refractivity contribution in [1.29, 1.82) is 0 Å². The van der Waals surface area contributed by atoms with E-state index in [2.05, 4.69) is 13.8 Å². The summed E-state index contributed by atoms with van der Waals surface area (Å²) in [6, 6.07) is 4.16. The van der Waals surface area contributed by atoms with E-state index in [0.717, 1.165) is 24.4 Å². The molecule has 1 heterocycles. The molecule has 1 rings (SSSR count). The number of aryl methyl sites for hydroxylation is 1. The second-order valence-electron chi connectivity index (χ2n) is 5.53. The maximum absolute atomic E-state index is 6.15. The number of furan rings is 1. The van der Waals surface area contributed by atoms with Crippen LogP contribution >= 0.6 is 0 Å². The van der Waals surface area contributed by atoms with Gasteiger partial charge in [-0.25, -0.2) is 0 Å². The van der Waals surface area contributed by atoms with Gasteiger partial charge in [0.25, 0.3) is 0 Å². The average molecular weight is 265 g/mol. The molecule has 1 unspecified atom stereocenters. The van der Waals surface area contributed by atoms with Crippen LogP contribution < -0.4 is 5.73 Å². The number of rotatable bonds is 11. The summed E-state index contributed by atoms with van der Waals surface area (Å²) >= 11 is 0. The van der Waals surface area contributed by atoms with Gasteiger partial charge in [-0.1, -0.05) is 65.2 Å². The van der Waals surface area contributed by atoms with Gasteiger partial charge in [0.1, 0.15) is 11.5 Å². The number of nitrogens with two attached hydrogens (primary N) is 1. The maximum atomic E-state index is 6.15. The maximum Gasteiger partial charge on any atom is 0.120 e. The minimum atomic E-state index is 0.0837. The fraction of sp³-hybridized carbons (Fsp3) is 0.765. The van der Waals surface area contributed by atoms with Gasteiger partial charge < -0.3 is 10.2 Å².